The molecule has 1 heterocycles. The lowest BCUT2D eigenvalue weighted by Gasteiger charge is -2.11. The van der Waals surface area contributed by atoms with E-state index >= 15 is 0 Å². The van der Waals surface area contributed by atoms with E-state index in [9.17, 15) is 9.59 Å². The number of esters is 1. The molecule has 0 spiro atoms. The number of rotatable bonds is 6. The van der Waals surface area contributed by atoms with Crippen LogP contribution in [0.1, 0.15) is 33.3 Å². The summed E-state index contributed by atoms with van der Waals surface area (Å²) in [6.45, 7) is 2.43. The Bertz CT molecular complexity index is 889. The van der Waals surface area contributed by atoms with E-state index in [4.69, 9.17) is 4.74 Å². The Morgan fingerprint density at radius 2 is 1.69 bits per heavy atom. The van der Waals surface area contributed by atoms with Crippen LogP contribution in [0.5, 0.6) is 0 Å². The number of amides is 1. The molecule has 0 radical (unpaired) electrons. The first-order valence-electron chi connectivity index (χ1n) is 8.31. The van der Waals surface area contributed by atoms with Gasteiger partial charge >= 0.3 is 5.97 Å². The molecule has 0 saturated carbocycles. The highest BCUT2D eigenvalue weighted by Crippen LogP contribution is 2.19. The van der Waals surface area contributed by atoms with Crippen LogP contribution in [0.25, 0.3) is 0 Å². The first-order valence-corrected chi connectivity index (χ1v) is 8.31. The molecule has 0 saturated heterocycles. The number of carbonyl (C=O) groups is 2. The molecule has 0 unspecified atom stereocenters. The third kappa shape index (κ3) is 3.97. The molecule has 3 rings (SSSR count). The summed E-state index contributed by atoms with van der Waals surface area (Å²) in [5.74, 6) is -0.560. The fraction of sp³-hybridized carbons (Fsp3) is 0.150. The van der Waals surface area contributed by atoms with Gasteiger partial charge in [0.2, 0.25) is 0 Å². The lowest BCUT2D eigenvalue weighted by Crippen LogP contribution is -2.18. The molecule has 1 N–H and O–H groups in total. The molecule has 0 aliphatic heterocycles. The molecular weight excluding hydrogens is 330 g/mol. The van der Waals surface area contributed by atoms with E-state index in [0.717, 1.165) is 5.56 Å². The molecular formula is C20H19N3O3. The molecule has 0 atom stereocenters. The number of nitrogens with one attached hydrogen (secondary N) is 1. The number of benzene rings is 2. The fourth-order valence-corrected chi connectivity index (χ4v) is 2.53. The Hall–Kier alpha value is -3.41. The van der Waals surface area contributed by atoms with Crippen molar-refractivity contribution in [2.45, 2.75) is 13.5 Å². The van der Waals surface area contributed by atoms with E-state index < -0.39 is 5.97 Å². The Morgan fingerprint density at radius 3 is 2.35 bits per heavy atom. The second kappa shape index (κ2) is 8.11. The number of nitrogens with zero attached hydrogens (tertiary/aromatic N) is 2. The molecule has 132 valence electrons. The first-order chi connectivity index (χ1) is 12.7. The maximum atomic E-state index is 12.5. The second-order valence-electron chi connectivity index (χ2n) is 5.60. The lowest BCUT2D eigenvalue weighted by atomic mass is 10.2. The second-order valence-corrected chi connectivity index (χ2v) is 5.60. The van der Waals surface area contributed by atoms with Crippen LogP contribution in [0.4, 0.5) is 5.82 Å². The van der Waals surface area contributed by atoms with E-state index in [1.165, 1.54) is 6.33 Å². The normalized spacial score (nSPS) is 10.3. The molecule has 6 nitrogen and oxygen atoms in total. The lowest BCUT2D eigenvalue weighted by molar-refractivity contribution is 0.0521. The molecule has 6 heteroatoms. The molecule has 2 aromatic carbocycles. The maximum absolute atomic E-state index is 12.5. The summed E-state index contributed by atoms with van der Waals surface area (Å²) in [5, 5.41) is 2.80. The zero-order valence-corrected chi connectivity index (χ0v) is 14.4. The van der Waals surface area contributed by atoms with Crippen molar-refractivity contribution in [3.05, 3.63) is 83.8 Å². The summed E-state index contributed by atoms with van der Waals surface area (Å²) in [4.78, 5) is 28.9. The van der Waals surface area contributed by atoms with E-state index in [0.29, 0.717) is 17.9 Å². The number of aromatic nitrogens is 2. The summed E-state index contributed by atoms with van der Waals surface area (Å²) in [6, 6.07) is 18.5. The number of anilines is 1. The van der Waals surface area contributed by atoms with Crippen molar-refractivity contribution in [2.24, 2.45) is 0 Å². The highest BCUT2D eigenvalue weighted by molar-refractivity contribution is 6.06. The number of imidazole rings is 1. The summed E-state index contributed by atoms with van der Waals surface area (Å²) in [6.07, 6.45) is 1.53. The average molecular weight is 349 g/mol. The number of carbonyl (C=O) groups excluding carboxylic acids is 2. The van der Waals surface area contributed by atoms with Crippen LogP contribution in [0.3, 0.4) is 0 Å². The Morgan fingerprint density at radius 1 is 1.04 bits per heavy atom. The van der Waals surface area contributed by atoms with Crippen molar-refractivity contribution in [3.8, 4) is 0 Å². The third-order valence-corrected chi connectivity index (χ3v) is 3.77. The van der Waals surface area contributed by atoms with E-state index in [1.807, 2.05) is 36.4 Å². The quantitative estimate of drug-likeness (QED) is 0.693. The largest absolute Gasteiger partial charge is 0.461 e. The van der Waals surface area contributed by atoms with Gasteiger partial charge in [0.15, 0.2) is 5.69 Å². The summed E-state index contributed by atoms with van der Waals surface area (Å²) in [5.41, 5.74) is 1.61. The highest BCUT2D eigenvalue weighted by atomic mass is 16.5. The number of hydrogen-bond acceptors (Lipinski definition) is 4. The number of hydrogen-bond donors (Lipinski definition) is 1. The van der Waals surface area contributed by atoms with E-state index in [1.54, 1.807) is 35.8 Å². The van der Waals surface area contributed by atoms with Gasteiger partial charge in [-0.05, 0) is 24.6 Å². The molecule has 1 aromatic heterocycles. The van der Waals surface area contributed by atoms with Crippen LogP contribution >= 0.6 is 0 Å². The van der Waals surface area contributed by atoms with Crippen molar-refractivity contribution >= 4 is 17.7 Å². The van der Waals surface area contributed by atoms with Gasteiger partial charge in [-0.15, -0.1) is 0 Å². The molecule has 26 heavy (non-hydrogen) atoms. The standard InChI is InChI=1S/C20H19N3O3/c1-2-26-20(25)17-18(22-19(24)16-11-7-4-8-12-16)23(14-21-17)13-15-9-5-3-6-10-15/h3-12,14H,2,13H2,1H3,(H,22,24). The van der Waals surface area contributed by atoms with E-state index in [-0.39, 0.29) is 18.2 Å². The summed E-state index contributed by atoms with van der Waals surface area (Å²) in [7, 11) is 0. The average Bonchev–Trinajstić information content (AvgIpc) is 3.06. The first kappa shape index (κ1) is 17.4. The zero-order valence-electron chi connectivity index (χ0n) is 14.4. The highest BCUT2D eigenvalue weighted by Gasteiger charge is 2.21. The minimum absolute atomic E-state index is 0.0899. The van der Waals surface area contributed by atoms with Crippen LogP contribution in [0.15, 0.2) is 67.0 Å². The Kier molecular flexibility index (Phi) is 5.43. The van der Waals surface area contributed by atoms with Gasteiger partial charge in [0, 0.05) is 5.56 Å². The van der Waals surface area contributed by atoms with Gasteiger partial charge < -0.3 is 14.6 Å². The van der Waals surface area contributed by atoms with Crippen LogP contribution < -0.4 is 5.32 Å². The fourth-order valence-electron chi connectivity index (χ4n) is 2.53. The number of ether oxygens (including phenoxy) is 1. The van der Waals surface area contributed by atoms with Crippen LogP contribution in [-0.4, -0.2) is 28.0 Å². The van der Waals surface area contributed by atoms with E-state index in [2.05, 4.69) is 10.3 Å². The van der Waals surface area contributed by atoms with Gasteiger partial charge in [0.05, 0.1) is 19.5 Å². The third-order valence-electron chi connectivity index (χ3n) is 3.77. The predicted molar refractivity (Wildman–Crippen MR) is 98.1 cm³/mol. The molecule has 0 aliphatic carbocycles. The van der Waals surface area contributed by atoms with Crippen molar-refractivity contribution in [2.75, 3.05) is 11.9 Å². The molecule has 1 amide bonds. The molecule has 0 bridgehead atoms. The predicted octanol–water partition coefficient (Wildman–Crippen LogP) is 3.36. The topological polar surface area (TPSA) is 73.2 Å². The summed E-state index contributed by atoms with van der Waals surface area (Å²) >= 11 is 0. The van der Waals surface area contributed by atoms with Gasteiger partial charge in [-0.1, -0.05) is 48.5 Å². The van der Waals surface area contributed by atoms with Gasteiger partial charge in [0.25, 0.3) is 5.91 Å². The van der Waals surface area contributed by atoms with Gasteiger partial charge in [-0.3, -0.25) is 4.79 Å². The minimum atomic E-state index is -0.567. The Balaban J connectivity index is 1.92. The van der Waals surface area contributed by atoms with Crippen molar-refractivity contribution in [3.63, 3.8) is 0 Å². The van der Waals surface area contributed by atoms with Crippen LogP contribution in [0.2, 0.25) is 0 Å². The van der Waals surface area contributed by atoms with Crippen molar-refractivity contribution in [1.29, 1.82) is 0 Å². The van der Waals surface area contributed by atoms with Gasteiger partial charge in [-0.2, -0.15) is 0 Å². The van der Waals surface area contributed by atoms with Crippen molar-refractivity contribution in [1.82, 2.24) is 9.55 Å². The van der Waals surface area contributed by atoms with Crippen LogP contribution in [-0.2, 0) is 11.3 Å². The van der Waals surface area contributed by atoms with Crippen LogP contribution in [0, 0.1) is 0 Å². The zero-order chi connectivity index (χ0) is 18.4. The monoisotopic (exact) mass is 349 g/mol. The smallest absolute Gasteiger partial charge is 0.360 e. The molecule has 3 aromatic rings. The molecule has 0 aliphatic rings. The molecule has 0 fully saturated rings. The van der Waals surface area contributed by atoms with Crippen molar-refractivity contribution < 1.29 is 14.3 Å². The SMILES string of the molecule is CCOC(=O)c1ncn(Cc2ccccc2)c1NC(=O)c1ccccc1. The van der Waals surface area contributed by atoms with Gasteiger partial charge in [-0.25, -0.2) is 9.78 Å². The summed E-state index contributed by atoms with van der Waals surface area (Å²) < 4.78 is 6.78. The Labute approximate surface area is 151 Å². The van der Waals surface area contributed by atoms with Gasteiger partial charge in [0.1, 0.15) is 5.82 Å². The maximum Gasteiger partial charge on any atom is 0.360 e. The minimum Gasteiger partial charge on any atom is -0.461 e.